The molecule has 0 radical (unpaired) electrons. The predicted molar refractivity (Wildman–Crippen MR) is 92.6 cm³/mol. The van der Waals surface area contributed by atoms with Crippen LogP contribution in [0.5, 0.6) is 0 Å². The van der Waals surface area contributed by atoms with Crippen molar-refractivity contribution in [2.45, 2.75) is 38.2 Å². The molecular formula is C19H21NO6. The molecule has 1 N–H and O–H groups in total. The number of aliphatic hydroxyl groups is 1. The van der Waals surface area contributed by atoms with E-state index in [9.17, 15) is 19.5 Å². The molecule has 26 heavy (non-hydrogen) atoms. The van der Waals surface area contributed by atoms with Gasteiger partial charge in [0.05, 0.1) is 30.6 Å². The number of fused-ring (bicyclic) bond motifs is 2. The lowest BCUT2D eigenvalue weighted by Gasteiger charge is -2.34. The number of nitrogens with zero attached hydrogens (tertiary/aromatic N) is 1. The van der Waals surface area contributed by atoms with Gasteiger partial charge in [0, 0.05) is 0 Å². The molecular weight excluding hydrogens is 338 g/mol. The lowest BCUT2D eigenvalue weighted by Crippen LogP contribution is -2.48. The van der Waals surface area contributed by atoms with E-state index in [4.69, 9.17) is 9.47 Å². The summed E-state index contributed by atoms with van der Waals surface area (Å²) in [7, 11) is 0. The average molecular weight is 359 g/mol. The normalized spacial score (nSPS) is 24.3. The average Bonchev–Trinajstić information content (AvgIpc) is 2.87. The van der Waals surface area contributed by atoms with Crippen molar-refractivity contribution in [1.29, 1.82) is 0 Å². The number of hydrogen-bond donors (Lipinski definition) is 1. The number of benzene rings is 1. The van der Waals surface area contributed by atoms with Crippen LogP contribution in [-0.2, 0) is 24.5 Å². The van der Waals surface area contributed by atoms with Crippen LogP contribution < -0.4 is 4.90 Å². The Bertz CT molecular complexity index is 786. The predicted octanol–water partition coefficient (Wildman–Crippen LogP) is 2.07. The van der Waals surface area contributed by atoms with Gasteiger partial charge < -0.3 is 14.6 Å². The van der Waals surface area contributed by atoms with E-state index >= 15 is 0 Å². The van der Waals surface area contributed by atoms with Crippen LogP contribution in [0.25, 0.3) is 0 Å². The summed E-state index contributed by atoms with van der Waals surface area (Å²) in [5.74, 6) is -1.22. The number of carbonyl (C=O) groups is 3. The number of rotatable bonds is 3. The number of imide groups is 1. The summed E-state index contributed by atoms with van der Waals surface area (Å²) in [6.45, 7) is 3.58. The highest BCUT2D eigenvalue weighted by molar-refractivity contribution is 6.24. The molecule has 7 nitrogen and oxygen atoms in total. The standard InChI is InChI=1S/C19H21NO6/c1-3-25-16(22)14-11-12(21)9-10-19(14)13-7-5-6-8-15(13)20(17(19)23)18(24)26-4-2/h5-8,11-12,21H,3-4,9-10H2,1-2H3/t12-,19-/m1/s1. The molecule has 0 fully saturated rings. The number of aliphatic hydroxyl groups excluding tert-OH is 1. The first kappa shape index (κ1) is 18.1. The van der Waals surface area contributed by atoms with Crippen LogP contribution >= 0.6 is 0 Å². The second-order valence-electron chi connectivity index (χ2n) is 6.17. The first-order valence-corrected chi connectivity index (χ1v) is 8.65. The Kier molecular flexibility index (Phi) is 4.82. The third kappa shape index (κ3) is 2.59. The Balaban J connectivity index is 2.19. The van der Waals surface area contributed by atoms with E-state index in [2.05, 4.69) is 0 Å². The SMILES string of the molecule is CCOC(=O)C1=C[C@H](O)CC[C@]12C(=O)N(C(=O)OCC)c1ccccc12. The van der Waals surface area contributed by atoms with Gasteiger partial charge in [-0.25, -0.2) is 14.5 Å². The third-order valence-electron chi connectivity index (χ3n) is 4.75. The maximum Gasteiger partial charge on any atom is 0.421 e. The zero-order valence-electron chi connectivity index (χ0n) is 14.7. The molecule has 0 saturated carbocycles. The van der Waals surface area contributed by atoms with E-state index in [-0.39, 0.29) is 25.2 Å². The molecule has 2 amide bonds. The summed E-state index contributed by atoms with van der Waals surface area (Å²) in [5.41, 5.74) is -0.344. The van der Waals surface area contributed by atoms with E-state index in [0.717, 1.165) is 4.90 Å². The van der Waals surface area contributed by atoms with Crippen molar-refractivity contribution < 1.29 is 29.0 Å². The summed E-state index contributed by atoms with van der Waals surface area (Å²) in [4.78, 5) is 39.3. The number of hydrogen-bond acceptors (Lipinski definition) is 6. The van der Waals surface area contributed by atoms with E-state index in [1.807, 2.05) is 0 Å². The van der Waals surface area contributed by atoms with Gasteiger partial charge in [-0.3, -0.25) is 4.79 Å². The van der Waals surface area contributed by atoms with E-state index < -0.39 is 29.5 Å². The number of carbonyl (C=O) groups excluding carboxylic acids is 3. The largest absolute Gasteiger partial charge is 0.463 e. The maximum atomic E-state index is 13.4. The minimum atomic E-state index is -1.35. The van der Waals surface area contributed by atoms with Crippen LogP contribution in [0.4, 0.5) is 10.5 Å². The fourth-order valence-electron chi connectivity index (χ4n) is 3.68. The molecule has 0 saturated heterocycles. The molecule has 0 bridgehead atoms. The van der Waals surface area contributed by atoms with E-state index in [1.165, 1.54) is 6.08 Å². The molecule has 1 aliphatic heterocycles. The van der Waals surface area contributed by atoms with Crippen molar-refractivity contribution >= 4 is 23.7 Å². The topological polar surface area (TPSA) is 93.1 Å². The van der Waals surface area contributed by atoms with Gasteiger partial charge in [0.2, 0.25) is 0 Å². The monoisotopic (exact) mass is 359 g/mol. The molecule has 1 heterocycles. The van der Waals surface area contributed by atoms with Crippen molar-refractivity contribution in [1.82, 2.24) is 0 Å². The number of anilines is 1. The van der Waals surface area contributed by atoms with E-state index in [1.54, 1.807) is 38.1 Å². The van der Waals surface area contributed by atoms with Gasteiger partial charge in [-0.05, 0) is 44.4 Å². The van der Waals surface area contributed by atoms with Gasteiger partial charge in [0.15, 0.2) is 0 Å². The minimum absolute atomic E-state index is 0.0716. The van der Waals surface area contributed by atoms with Crippen LogP contribution in [0.15, 0.2) is 35.9 Å². The first-order valence-electron chi connectivity index (χ1n) is 8.65. The van der Waals surface area contributed by atoms with E-state index in [0.29, 0.717) is 17.7 Å². The van der Waals surface area contributed by atoms with Gasteiger partial charge in [0.25, 0.3) is 5.91 Å². The molecule has 7 heteroatoms. The Hall–Kier alpha value is -2.67. The van der Waals surface area contributed by atoms with Gasteiger partial charge in [0.1, 0.15) is 5.41 Å². The van der Waals surface area contributed by atoms with Crippen LogP contribution in [0, 0.1) is 0 Å². The lowest BCUT2D eigenvalue weighted by atomic mass is 9.68. The summed E-state index contributed by atoms with van der Waals surface area (Å²) in [6, 6.07) is 6.82. The molecule has 1 aromatic carbocycles. The molecule has 1 spiro atoms. The summed E-state index contributed by atoms with van der Waals surface area (Å²) >= 11 is 0. The highest BCUT2D eigenvalue weighted by Gasteiger charge is 2.58. The highest BCUT2D eigenvalue weighted by atomic mass is 16.6. The minimum Gasteiger partial charge on any atom is -0.463 e. The number of esters is 1. The maximum absolute atomic E-state index is 13.4. The van der Waals surface area contributed by atoms with Gasteiger partial charge in [-0.15, -0.1) is 0 Å². The molecule has 0 aromatic heterocycles. The quantitative estimate of drug-likeness (QED) is 0.831. The van der Waals surface area contributed by atoms with Gasteiger partial charge in [-0.2, -0.15) is 0 Å². The summed E-state index contributed by atoms with van der Waals surface area (Å²) < 4.78 is 10.2. The fourth-order valence-corrected chi connectivity index (χ4v) is 3.68. The van der Waals surface area contributed by atoms with Crippen LogP contribution in [0.3, 0.4) is 0 Å². The molecule has 2 aliphatic rings. The number of ether oxygens (including phenoxy) is 2. The molecule has 3 rings (SSSR count). The van der Waals surface area contributed by atoms with Crippen molar-refractivity contribution in [3.63, 3.8) is 0 Å². The second kappa shape index (κ2) is 6.92. The van der Waals surface area contributed by atoms with Crippen LogP contribution in [-0.4, -0.2) is 42.4 Å². The van der Waals surface area contributed by atoms with Crippen LogP contribution in [0.2, 0.25) is 0 Å². The second-order valence-corrected chi connectivity index (χ2v) is 6.17. The van der Waals surface area contributed by atoms with Crippen LogP contribution in [0.1, 0.15) is 32.3 Å². The van der Waals surface area contributed by atoms with Crippen molar-refractivity contribution in [2.75, 3.05) is 18.1 Å². The molecule has 138 valence electrons. The first-order chi connectivity index (χ1) is 12.5. The Morgan fingerprint density at radius 1 is 1.23 bits per heavy atom. The van der Waals surface area contributed by atoms with Crippen molar-refractivity contribution in [3.05, 3.63) is 41.5 Å². The van der Waals surface area contributed by atoms with Gasteiger partial charge in [-0.1, -0.05) is 18.2 Å². The molecule has 1 aliphatic carbocycles. The van der Waals surface area contributed by atoms with Crippen molar-refractivity contribution in [2.24, 2.45) is 0 Å². The highest BCUT2D eigenvalue weighted by Crippen LogP contribution is 2.51. The fraction of sp³-hybridized carbons (Fsp3) is 0.421. The van der Waals surface area contributed by atoms with Crippen molar-refractivity contribution in [3.8, 4) is 0 Å². The Labute approximate surface area is 151 Å². The number of amides is 2. The Morgan fingerprint density at radius 3 is 2.62 bits per heavy atom. The smallest absolute Gasteiger partial charge is 0.421 e. The summed E-state index contributed by atoms with van der Waals surface area (Å²) in [6.07, 6.45) is 0.225. The third-order valence-corrected chi connectivity index (χ3v) is 4.75. The molecule has 0 unspecified atom stereocenters. The zero-order chi connectivity index (χ0) is 18.9. The summed E-state index contributed by atoms with van der Waals surface area (Å²) in [5, 5.41) is 10.0. The number of para-hydroxylation sites is 1. The Morgan fingerprint density at radius 2 is 1.92 bits per heavy atom. The molecule has 2 atom stereocenters. The van der Waals surface area contributed by atoms with Gasteiger partial charge >= 0.3 is 12.1 Å². The zero-order valence-corrected chi connectivity index (χ0v) is 14.7. The lowest BCUT2D eigenvalue weighted by molar-refractivity contribution is -0.141. The molecule has 1 aromatic rings.